The lowest BCUT2D eigenvalue weighted by atomic mass is 10.00. The van der Waals surface area contributed by atoms with Gasteiger partial charge in [0, 0.05) is 37.7 Å². The molecule has 1 aliphatic carbocycles. The average molecular weight is 297 g/mol. The van der Waals surface area contributed by atoms with E-state index in [9.17, 15) is 15.2 Å². The highest BCUT2D eigenvalue weighted by molar-refractivity contribution is 6.31. The highest BCUT2D eigenvalue weighted by Gasteiger charge is 2.41. The van der Waals surface area contributed by atoms with Crippen LogP contribution >= 0.6 is 11.6 Å². The number of hydrogen-bond acceptors (Lipinski definition) is 4. The van der Waals surface area contributed by atoms with Gasteiger partial charge in [0.15, 0.2) is 0 Å². The standard InChI is InChI=1S/C14H17ClN2O3/c15-13-5-11(17(19)20)3-1-10(13)7-16-6-9-2-4-14(18)12(9)8-16/h1,3,5,9,12,14,18H,2,4,6-8H2. The molecule has 0 bridgehead atoms. The molecular formula is C14H17ClN2O3. The molecule has 3 rings (SSSR count). The Hall–Kier alpha value is -1.17. The normalized spacial score (nSPS) is 29.6. The van der Waals surface area contributed by atoms with E-state index in [1.807, 2.05) is 0 Å². The van der Waals surface area contributed by atoms with E-state index >= 15 is 0 Å². The topological polar surface area (TPSA) is 66.6 Å². The number of hydrogen-bond donors (Lipinski definition) is 1. The van der Waals surface area contributed by atoms with Crippen LogP contribution in [0.2, 0.25) is 5.02 Å². The molecule has 1 N–H and O–H groups in total. The molecule has 1 heterocycles. The van der Waals surface area contributed by atoms with E-state index in [2.05, 4.69) is 4.90 Å². The third-order valence-corrected chi connectivity index (χ3v) is 4.89. The van der Waals surface area contributed by atoms with Gasteiger partial charge in [-0.15, -0.1) is 0 Å². The van der Waals surface area contributed by atoms with Crippen molar-refractivity contribution >= 4 is 17.3 Å². The number of halogens is 1. The van der Waals surface area contributed by atoms with Crippen LogP contribution in [-0.4, -0.2) is 34.1 Å². The predicted molar refractivity (Wildman–Crippen MR) is 75.6 cm³/mol. The molecule has 1 aromatic rings. The summed E-state index contributed by atoms with van der Waals surface area (Å²) in [5, 5.41) is 21.0. The molecule has 2 aliphatic rings. The summed E-state index contributed by atoms with van der Waals surface area (Å²) in [6, 6.07) is 4.63. The maximum atomic E-state index is 10.7. The molecule has 0 spiro atoms. The van der Waals surface area contributed by atoms with E-state index in [1.54, 1.807) is 6.07 Å². The van der Waals surface area contributed by atoms with Crippen molar-refractivity contribution in [1.29, 1.82) is 0 Å². The van der Waals surface area contributed by atoms with Gasteiger partial charge in [0.25, 0.3) is 5.69 Å². The molecule has 6 heteroatoms. The third-order valence-electron chi connectivity index (χ3n) is 4.54. The fourth-order valence-corrected chi connectivity index (χ4v) is 3.71. The zero-order valence-corrected chi connectivity index (χ0v) is 11.8. The Labute approximate surface area is 122 Å². The SMILES string of the molecule is O=[N+]([O-])c1ccc(CN2CC3CCC(O)C3C2)c(Cl)c1. The number of non-ortho nitro benzene ring substituents is 1. The first kappa shape index (κ1) is 13.8. The first-order valence-electron chi connectivity index (χ1n) is 6.88. The Morgan fingerprint density at radius 3 is 2.85 bits per heavy atom. The number of likely N-dealkylation sites (tertiary alicyclic amines) is 1. The second-order valence-electron chi connectivity index (χ2n) is 5.80. The van der Waals surface area contributed by atoms with Crippen LogP contribution in [0, 0.1) is 22.0 Å². The van der Waals surface area contributed by atoms with Gasteiger partial charge in [0.1, 0.15) is 0 Å². The van der Waals surface area contributed by atoms with Crippen molar-refractivity contribution in [2.75, 3.05) is 13.1 Å². The fourth-order valence-electron chi connectivity index (χ4n) is 3.48. The van der Waals surface area contributed by atoms with E-state index in [0.717, 1.165) is 31.5 Å². The molecule has 5 nitrogen and oxygen atoms in total. The van der Waals surface area contributed by atoms with E-state index in [-0.39, 0.29) is 11.8 Å². The Balaban J connectivity index is 1.68. The molecule has 2 fully saturated rings. The third kappa shape index (κ3) is 2.53. The first-order valence-corrected chi connectivity index (χ1v) is 7.25. The number of nitro groups is 1. The summed E-state index contributed by atoms with van der Waals surface area (Å²) in [6.45, 7) is 2.56. The van der Waals surface area contributed by atoms with Crippen LogP contribution in [0.1, 0.15) is 18.4 Å². The fraction of sp³-hybridized carbons (Fsp3) is 0.571. The van der Waals surface area contributed by atoms with Crippen molar-refractivity contribution in [3.05, 3.63) is 38.9 Å². The van der Waals surface area contributed by atoms with Gasteiger partial charge in [-0.1, -0.05) is 11.6 Å². The van der Waals surface area contributed by atoms with Gasteiger partial charge >= 0.3 is 0 Å². The smallest absolute Gasteiger partial charge is 0.270 e. The molecule has 3 unspecified atom stereocenters. The summed E-state index contributed by atoms with van der Waals surface area (Å²) < 4.78 is 0. The minimum absolute atomic E-state index is 0.0208. The van der Waals surface area contributed by atoms with E-state index < -0.39 is 4.92 Å². The Morgan fingerprint density at radius 2 is 2.20 bits per heavy atom. The Kier molecular flexibility index (Phi) is 3.67. The van der Waals surface area contributed by atoms with Gasteiger partial charge in [-0.3, -0.25) is 15.0 Å². The number of rotatable bonds is 3. The van der Waals surface area contributed by atoms with Crippen LogP contribution in [0.15, 0.2) is 18.2 Å². The highest BCUT2D eigenvalue weighted by atomic mass is 35.5. The average Bonchev–Trinajstić information content (AvgIpc) is 2.94. The largest absolute Gasteiger partial charge is 0.393 e. The first-order chi connectivity index (χ1) is 9.54. The van der Waals surface area contributed by atoms with Crippen molar-refractivity contribution in [3.63, 3.8) is 0 Å². The molecule has 108 valence electrons. The Morgan fingerprint density at radius 1 is 1.40 bits per heavy atom. The van der Waals surface area contributed by atoms with Gasteiger partial charge in [0.05, 0.1) is 16.0 Å². The maximum absolute atomic E-state index is 10.7. The lowest BCUT2D eigenvalue weighted by molar-refractivity contribution is -0.384. The van der Waals surface area contributed by atoms with Crippen LogP contribution in [0.4, 0.5) is 5.69 Å². The van der Waals surface area contributed by atoms with Crippen LogP contribution in [-0.2, 0) is 6.54 Å². The quantitative estimate of drug-likeness (QED) is 0.687. The molecule has 1 aliphatic heterocycles. The molecule has 0 amide bonds. The van der Waals surface area contributed by atoms with Crippen molar-refractivity contribution in [2.45, 2.75) is 25.5 Å². The monoisotopic (exact) mass is 296 g/mol. The summed E-state index contributed by atoms with van der Waals surface area (Å²) in [4.78, 5) is 12.5. The lowest BCUT2D eigenvalue weighted by Crippen LogP contribution is -2.24. The molecule has 3 atom stereocenters. The molecule has 0 aromatic heterocycles. The van der Waals surface area contributed by atoms with Crippen LogP contribution < -0.4 is 0 Å². The predicted octanol–water partition coefficient (Wildman–Crippen LogP) is 2.45. The van der Waals surface area contributed by atoms with Crippen LogP contribution in [0.25, 0.3) is 0 Å². The van der Waals surface area contributed by atoms with E-state index in [0.29, 0.717) is 23.4 Å². The van der Waals surface area contributed by atoms with E-state index in [1.165, 1.54) is 12.1 Å². The summed E-state index contributed by atoms with van der Waals surface area (Å²) in [6.07, 6.45) is 1.84. The van der Waals surface area contributed by atoms with Gasteiger partial charge in [-0.05, 0) is 30.4 Å². The zero-order chi connectivity index (χ0) is 14.3. The zero-order valence-electron chi connectivity index (χ0n) is 11.0. The van der Waals surface area contributed by atoms with Gasteiger partial charge in [0.2, 0.25) is 0 Å². The maximum Gasteiger partial charge on any atom is 0.270 e. The van der Waals surface area contributed by atoms with Crippen molar-refractivity contribution in [1.82, 2.24) is 4.90 Å². The number of aliphatic hydroxyl groups excluding tert-OH is 1. The minimum Gasteiger partial charge on any atom is -0.393 e. The molecule has 20 heavy (non-hydrogen) atoms. The second kappa shape index (κ2) is 5.31. The lowest BCUT2D eigenvalue weighted by Gasteiger charge is -2.18. The second-order valence-corrected chi connectivity index (χ2v) is 6.20. The number of aliphatic hydroxyl groups is 1. The van der Waals surface area contributed by atoms with Gasteiger partial charge < -0.3 is 5.11 Å². The molecule has 0 radical (unpaired) electrons. The molecule has 1 aromatic carbocycles. The number of benzene rings is 1. The van der Waals surface area contributed by atoms with Crippen LogP contribution in [0.3, 0.4) is 0 Å². The van der Waals surface area contributed by atoms with Crippen LogP contribution in [0.5, 0.6) is 0 Å². The minimum atomic E-state index is -0.438. The van der Waals surface area contributed by atoms with Gasteiger partial charge in [-0.25, -0.2) is 0 Å². The van der Waals surface area contributed by atoms with Crippen molar-refractivity contribution < 1.29 is 10.0 Å². The summed E-state index contributed by atoms with van der Waals surface area (Å²) >= 11 is 6.12. The summed E-state index contributed by atoms with van der Waals surface area (Å²) in [5.41, 5.74) is 0.930. The molecule has 1 saturated carbocycles. The summed E-state index contributed by atoms with van der Waals surface area (Å²) in [7, 11) is 0. The van der Waals surface area contributed by atoms with Gasteiger partial charge in [-0.2, -0.15) is 0 Å². The van der Waals surface area contributed by atoms with Crippen molar-refractivity contribution in [2.24, 2.45) is 11.8 Å². The Bertz CT molecular complexity index is 537. The van der Waals surface area contributed by atoms with Crippen molar-refractivity contribution in [3.8, 4) is 0 Å². The number of nitro benzene ring substituents is 1. The molecular weight excluding hydrogens is 280 g/mol. The number of fused-ring (bicyclic) bond motifs is 1. The number of nitrogens with zero attached hydrogens (tertiary/aromatic N) is 2. The summed E-state index contributed by atoms with van der Waals surface area (Å²) in [5.74, 6) is 0.966. The highest BCUT2D eigenvalue weighted by Crippen LogP contribution is 2.39. The molecule has 1 saturated heterocycles. The van der Waals surface area contributed by atoms with E-state index in [4.69, 9.17) is 11.6 Å².